The van der Waals surface area contributed by atoms with Gasteiger partial charge in [0.25, 0.3) is 0 Å². The Labute approximate surface area is 205 Å². The van der Waals surface area contributed by atoms with E-state index in [9.17, 15) is 35.5 Å². The maximum absolute atomic E-state index is 13.6. The van der Waals surface area contributed by atoms with Gasteiger partial charge in [0.05, 0.1) is 23.4 Å². The van der Waals surface area contributed by atoms with Crippen LogP contribution in [0.1, 0.15) is 29.7 Å². The Morgan fingerprint density at radius 1 is 1.03 bits per heavy atom. The molecule has 1 aliphatic rings. The van der Waals surface area contributed by atoms with Gasteiger partial charge >= 0.3 is 18.0 Å². The third-order valence-electron chi connectivity index (χ3n) is 5.79. The van der Waals surface area contributed by atoms with E-state index in [0.29, 0.717) is 17.7 Å². The van der Waals surface area contributed by atoms with Crippen molar-refractivity contribution in [2.45, 2.75) is 31.6 Å². The predicted octanol–water partition coefficient (Wildman–Crippen LogP) is 4.69. The molecule has 0 spiro atoms. The predicted molar refractivity (Wildman–Crippen MR) is 117 cm³/mol. The van der Waals surface area contributed by atoms with Crippen molar-refractivity contribution in [1.29, 1.82) is 0 Å². The highest BCUT2D eigenvalue weighted by atomic mass is 19.4. The minimum atomic E-state index is -5.09. The summed E-state index contributed by atoms with van der Waals surface area (Å²) < 4.78 is 108. The molecular formula is C23H21F7N4O3. The van der Waals surface area contributed by atoms with E-state index in [0.717, 1.165) is 9.36 Å². The van der Waals surface area contributed by atoms with Gasteiger partial charge in [0.15, 0.2) is 6.29 Å². The summed E-state index contributed by atoms with van der Waals surface area (Å²) in [6.07, 6.45) is -11.1. The summed E-state index contributed by atoms with van der Waals surface area (Å²) in [4.78, 5) is 18.0. The zero-order valence-electron chi connectivity index (χ0n) is 19.5. The molecule has 2 unspecified atom stereocenters. The number of ether oxygens (including phenoxy) is 2. The average Bonchev–Trinajstić information content (AvgIpc) is 3.12. The largest absolute Gasteiger partial charge is 0.416 e. The maximum atomic E-state index is 13.6. The Morgan fingerprint density at radius 2 is 1.62 bits per heavy atom. The Balaban J connectivity index is 1.93. The van der Waals surface area contributed by atoms with Gasteiger partial charge in [0.1, 0.15) is 11.9 Å². The van der Waals surface area contributed by atoms with Crippen molar-refractivity contribution >= 4 is 5.95 Å². The van der Waals surface area contributed by atoms with E-state index in [1.54, 1.807) is 6.92 Å². The van der Waals surface area contributed by atoms with E-state index >= 15 is 0 Å². The molecule has 2 aromatic carbocycles. The Hall–Kier alpha value is -3.39. The first-order valence-electron chi connectivity index (χ1n) is 11.0. The van der Waals surface area contributed by atoms with Gasteiger partial charge in [-0.15, -0.1) is 0 Å². The van der Waals surface area contributed by atoms with Crippen LogP contribution in [-0.2, 0) is 28.9 Å². The standard InChI is InChI=1S/C23H21F7N4O3/c1-3-36-19-18(13-4-6-16(24)7-5-13)33(8-9-37-19)20-31-21(35)32(2)34(20)17-11-14(22(25,26)27)10-15(12-17)23(28,29)30/h4-7,10-12,18-19H,3,8-9H2,1-2H3. The second-order valence-electron chi connectivity index (χ2n) is 8.18. The molecule has 0 saturated carbocycles. The number of benzene rings is 2. The van der Waals surface area contributed by atoms with Crippen molar-refractivity contribution in [1.82, 2.24) is 14.3 Å². The molecule has 1 aromatic heterocycles. The number of hydrogen-bond acceptors (Lipinski definition) is 5. The molecule has 0 radical (unpaired) electrons. The summed E-state index contributed by atoms with van der Waals surface area (Å²) in [6.45, 7) is 1.99. The summed E-state index contributed by atoms with van der Waals surface area (Å²) in [5.74, 6) is -0.763. The molecule has 2 atom stereocenters. The number of nitrogens with zero attached hydrogens (tertiary/aromatic N) is 4. The van der Waals surface area contributed by atoms with Crippen molar-refractivity contribution in [2.75, 3.05) is 24.7 Å². The second-order valence-corrected chi connectivity index (χ2v) is 8.18. The van der Waals surface area contributed by atoms with Gasteiger partial charge in [-0.3, -0.25) is 0 Å². The molecular weight excluding hydrogens is 513 g/mol. The van der Waals surface area contributed by atoms with E-state index in [2.05, 4.69) is 4.98 Å². The van der Waals surface area contributed by atoms with E-state index in [-0.39, 0.29) is 31.8 Å². The zero-order chi connectivity index (χ0) is 27.1. The monoisotopic (exact) mass is 534 g/mol. The summed E-state index contributed by atoms with van der Waals surface area (Å²) in [7, 11) is 1.17. The Kier molecular flexibility index (Phi) is 7.08. The molecule has 1 aliphatic heterocycles. The number of aromatic nitrogens is 3. The van der Waals surface area contributed by atoms with Gasteiger partial charge in [0.2, 0.25) is 5.95 Å². The smallest absolute Gasteiger partial charge is 0.350 e. The molecule has 1 saturated heterocycles. The molecule has 4 rings (SSSR count). The van der Waals surface area contributed by atoms with E-state index in [1.165, 1.54) is 36.2 Å². The van der Waals surface area contributed by atoms with Crippen molar-refractivity contribution in [2.24, 2.45) is 7.05 Å². The lowest BCUT2D eigenvalue weighted by atomic mass is 10.0. The van der Waals surface area contributed by atoms with Crippen molar-refractivity contribution in [3.8, 4) is 5.69 Å². The minimum absolute atomic E-state index is 0.000613. The number of rotatable bonds is 5. The first-order chi connectivity index (χ1) is 17.3. The maximum Gasteiger partial charge on any atom is 0.416 e. The first kappa shape index (κ1) is 26.7. The van der Waals surface area contributed by atoms with E-state index < -0.39 is 53.0 Å². The lowest BCUT2D eigenvalue weighted by Gasteiger charge is -2.41. The molecule has 0 bridgehead atoms. The summed E-state index contributed by atoms with van der Waals surface area (Å²) in [5, 5.41) is 0. The van der Waals surface area contributed by atoms with Crippen LogP contribution in [0.4, 0.5) is 36.7 Å². The highest BCUT2D eigenvalue weighted by molar-refractivity contribution is 5.49. The summed E-state index contributed by atoms with van der Waals surface area (Å²) >= 11 is 0. The van der Waals surface area contributed by atoms with Crippen LogP contribution in [0.25, 0.3) is 5.69 Å². The van der Waals surface area contributed by atoms with E-state index in [4.69, 9.17) is 9.47 Å². The van der Waals surface area contributed by atoms with Gasteiger partial charge < -0.3 is 14.4 Å². The fourth-order valence-corrected chi connectivity index (χ4v) is 4.13. The molecule has 0 N–H and O–H groups in total. The van der Waals surface area contributed by atoms with Gasteiger partial charge in [-0.2, -0.15) is 31.3 Å². The fourth-order valence-electron chi connectivity index (χ4n) is 4.13. The molecule has 3 aromatic rings. The van der Waals surface area contributed by atoms with Gasteiger partial charge in [0, 0.05) is 20.2 Å². The lowest BCUT2D eigenvalue weighted by Crippen LogP contribution is -2.47. The minimum Gasteiger partial charge on any atom is -0.350 e. The number of alkyl halides is 6. The van der Waals surface area contributed by atoms with Crippen LogP contribution in [0.3, 0.4) is 0 Å². The third kappa shape index (κ3) is 5.34. The van der Waals surface area contributed by atoms with Crippen molar-refractivity contribution in [3.63, 3.8) is 0 Å². The van der Waals surface area contributed by atoms with Crippen LogP contribution in [-0.4, -0.2) is 40.4 Å². The van der Waals surface area contributed by atoms with E-state index in [1.807, 2.05) is 0 Å². The van der Waals surface area contributed by atoms with Crippen LogP contribution < -0.4 is 10.6 Å². The molecule has 14 heteroatoms. The molecule has 37 heavy (non-hydrogen) atoms. The Bertz CT molecular complexity index is 1280. The number of halogens is 7. The SMILES string of the molecule is CCOC1OCCN(c2nc(=O)n(C)n2-c2cc(C(F)(F)F)cc(C(F)(F)F)c2)C1c1ccc(F)cc1. The summed E-state index contributed by atoms with van der Waals surface area (Å²) in [5.41, 5.74) is -4.13. The first-order valence-corrected chi connectivity index (χ1v) is 11.0. The third-order valence-corrected chi connectivity index (χ3v) is 5.79. The lowest BCUT2D eigenvalue weighted by molar-refractivity contribution is -0.166. The van der Waals surface area contributed by atoms with Gasteiger partial charge in [-0.25, -0.2) is 18.5 Å². The Morgan fingerprint density at radius 3 is 2.16 bits per heavy atom. The zero-order valence-corrected chi connectivity index (χ0v) is 19.5. The molecule has 2 heterocycles. The van der Waals surface area contributed by atoms with Crippen LogP contribution >= 0.6 is 0 Å². The van der Waals surface area contributed by atoms with Crippen molar-refractivity contribution in [3.05, 3.63) is 75.5 Å². The number of hydrogen-bond donors (Lipinski definition) is 0. The van der Waals surface area contributed by atoms with Crippen molar-refractivity contribution < 1.29 is 40.2 Å². The van der Waals surface area contributed by atoms with Gasteiger partial charge in [-0.1, -0.05) is 12.1 Å². The molecule has 7 nitrogen and oxygen atoms in total. The highest BCUT2D eigenvalue weighted by Crippen LogP contribution is 2.39. The fraction of sp³-hybridized carbons (Fsp3) is 0.391. The topological polar surface area (TPSA) is 61.5 Å². The summed E-state index contributed by atoms with van der Waals surface area (Å²) in [6, 6.07) is 5.39. The highest BCUT2D eigenvalue weighted by Gasteiger charge is 2.40. The number of morpholine rings is 1. The van der Waals surface area contributed by atoms with Crippen LogP contribution in [0.15, 0.2) is 47.3 Å². The normalized spacial score (nSPS) is 18.9. The quantitative estimate of drug-likeness (QED) is 0.445. The van der Waals surface area contributed by atoms with Gasteiger partial charge in [-0.05, 0) is 42.8 Å². The van der Waals surface area contributed by atoms with Crippen LogP contribution in [0, 0.1) is 5.82 Å². The molecule has 200 valence electrons. The molecule has 0 amide bonds. The number of anilines is 1. The van der Waals surface area contributed by atoms with Crippen LogP contribution in [0.2, 0.25) is 0 Å². The molecule has 0 aliphatic carbocycles. The average molecular weight is 534 g/mol. The second kappa shape index (κ2) is 9.82. The van der Waals surface area contributed by atoms with Crippen LogP contribution in [0.5, 0.6) is 0 Å². The molecule has 1 fully saturated rings.